The fraction of sp³-hybridized carbons (Fsp3) is 0.270. The molecular formula is C37H34ClF2N7O4. The Morgan fingerprint density at radius 3 is 2.18 bits per heavy atom. The number of benzene rings is 3. The summed E-state index contributed by atoms with van der Waals surface area (Å²) in [4.78, 5) is 29.3. The number of amides is 1. The predicted octanol–water partition coefficient (Wildman–Crippen LogP) is 7.24. The number of nitriles is 1. The van der Waals surface area contributed by atoms with Crippen LogP contribution in [-0.4, -0.2) is 70.9 Å². The Kier molecular flexibility index (Phi) is 10.3. The van der Waals surface area contributed by atoms with Crippen LogP contribution in [0, 0.1) is 30.2 Å². The zero-order valence-corrected chi connectivity index (χ0v) is 28.9. The second kappa shape index (κ2) is 15.0. The summed E-state index contributed by atoms with van der Waals surface area (Å²) in [6, 6.07) is 21.8. The number of methoxy groups -OCH3 is 2. The lowest BCUT2D eigenvalue weighted by Gasteiger charge is -2.39. The first kappa shape index (κ1) is 35.1. The van der Waals surface area contributed by atoms with Crippen LogP contribution in [0.5, 0.6) is 11.5 Å². The van der Waals surface area contributed by atoms with Gasteiger partial charge in [-0.1, -0.05) is 35.9 Å². The lowest BCUT2D eigenvalue weighted by atomic mass is 10.0. The molecule has 3 heterocycles. The summed E-state index contributed by atoms with van der Waals surface area (Å²) in [6.45, 7) is 3.03. The number of anilines is 2. The Morgan fingerprint density at radius 1 is 0.980 bits per heavy atom. The Hall–Kier alpha value is -5.74. The maximum absolute atomic E-state index is 16.6. The van der Waals surface area contributed by atoms with Gasteiger partial charge in [0.2, 0.25) is 0 Å². The van der Waals surface area contributed by atoms with Crippen LogP contribution < -0.4 is 19.3 Å². The number of piperazine rings is 1. The van der Waals surface area contributed by atoms with E-state index in [0.717, 1.165) is 28.2 Å². The molecule has 3 aromatic carbocycles. The molecule has 1 N–H and O–H groups in total. The second-order valence-corrected chi connectivity index (χ2v) is 12.5. The second-order valence-electron chi connectivity index (χ2n) is 12.1. The Morgan fingerprint density at radius 2 is 1.61 bits per heavy atom. The van der Waals surface area contributed by atoms with E-state index in [1.165, 1.54) is 11.0 Å². The van der Waals surface area contributed by atoms with Crippen LogP contribution in [0.25, 0.3) is 22.2 Å². The predicted molar refractivity (Wildman–Crippen MR) is 189 cm³/mol. The molecule has 1 aliphatic rings. The van der Waals surface area contributed by atoms with Gasteiger partial charge in [-0.25, -0.2) is 14.2 Å². The van der Waals surface area contributed by atoms with Crippen LogP contribution in [0.3, 0.4) is 0 Å². The monoisotopic (exact) mass is 713 g/mol. The maximum atomic E-state index is 16.6. The smallest absolute Gasteiger partial charge is 0.407 e. The van der Waals surface area contributed by atoms with Crippen molar-refractivity contribution in [3.63, 3.8) is 0 Å². The molecule has 11 nitrogen and oxygen atoms in total. The lowest BCUT2D eigenvalue weighted by molar-refractivity contribution is 0.119. The van der Waals surface area contributed by atoms with Gasteiger partial charge in [-0.15, -0.1) is 0 Å². The lowest BCUT2D eigenvalue weighted by Crippen LogP contribution is -2.55. The molecule has 0 saturated carbocycles. The van der Waals surface area contributed by atoms with E-state index >= 15 is 8.78 Å². The van der Waals surface area contributed by atoms with Crippen molar-refractivity contribution in [2.75, 3.05) is 43.7 Å². The summed E-state index contributed by atoms with van der Waals surface area (Å²) in [5.74, 6) is 1.19. The first-order valence-corrected chi connectivity index (χ1v) is 16.4. The molecule has 6 rings (SSSR count). The molecule has 0 spiro atoms. The van der Waals surface area contributed by atoms with E-state index in [1.807, 2.05) is 67.6 Å². The summed E-state index contributed by atoms with van der Waals surface area (Å²) in [5.41, 5.74) is 2.65. The van der Waals surface area contributed by atoms with Crippen LogP contribution in [0.1, 0.15) is 23.1 Å². The molecule has 1 atom stereocenters. The van der Waals surface area contributed by atoms with E-state index in [9.17, 15) is 15.2 Å². The third kappa shape index (κ3) is 7.56. The van der Waals surface area contributed by atoms with Crippen LogP contribution >= 0.6 is 11.6 Å². The maximum Gasteiger partial charge on any atom is 0.407 e. The van der Waals surface area contributed by atoms with Gasteiger partial charge < -0.3 is 29.3 Å². The zero-order chi connectivity index (χ0) is 36.2. The van der Waals surface area contributed by atoms with Gasteiger partial charge in [-0.05, 0) is 66.1 Å². The van der Waals surface area contributed by atoms with Crippen molar-refractivity contribution in [2.24, 2.45) is 0 Å². The highest BCUT2D eigenvalue weighted by molar-refractivity contribution is 6.34. The number of carboxylic acid groups (broad SMARTS) is 1. The number of halogens is 3. The summed E-state index contributed by atoms with van der Waals surface area (Å²) in [6.07, 6.45) is -2.41. The highest BCUT2D eigenvalue weighted by Gasteiger charge is 2.33. The number of hydrogen-bond donors (Lipinski definition) is 1. The standard InChI is InChI=1S/C37H34ClF2N7O4/c1-22-16-30(42-31(17-22)46(19-23-4-8-26(50-2)9-5-23)20-24-6-10-27(51-3)11-7-24)32-29(38)18-28-34(33(32)39)43-36(40)44-35(28)45-14-15-47(37(48)49)25(21-45)12-13-41/h4-11,16-18,25H,12,14-15,19-21H2,1-3H3,(H,48,49)/t25-/m0/s1. The van der Waals surface area contributed by atoms with Crippen LogP contribution in [0.2, 0.25) is 5.02 Å². The number of aryl methyl sites for hydroxylation is 1. The van der Waals surface area contributed by atoms with Crippen molar-refractivity contribution in [1.29, 1.82) is 5.26 Å². The highest BCUT2D eigenvalue weighted by Crippen LogP contribution is 2.39. The number of fused-ring (bicyclic) bond motifs is 1. The summed E-state index contributed by atoms with van der Waals surface area (Å²) < 4.78 is 42.3. The molecular weight excluding hydrogens is 680 g/mol. The topological polar surface area (TPSA) is 128 Å². The fourth-order valence-electron chi connectivity index (χ4n) is 6.27. The third-order valence-electron chi connectivity index (χ3n) is 8.79. The SMILES string of the molecule is COc1ccc(CN(Cc2ccc(OC)cc2)c2cc(C)cc(-c3c(Cl)cc4c(N5CCN(C(=O)O)[C@@H](CC#N)C5)nc(F)nc4c3F)n2)cc1. The van der Waals surface area contributed by atoms with Gasteiger partial charge in [-0.3, -0.25) is 0 Å². The number of rotatable bonds is 10. The van der Waals surface area contributed by atoms with E-state index in [2.05, 4.69) is 14.9 Å². The number of aromatic nitrogens is 3. The molecule has 1 amide bonds. The number of carbonyl (C=O) groups is 1. The highest BCUT2D eigenvalue weighted by atomic mass is 35.5. The number of ether oxygens (including phenoxy) is 2. The Labute approximate surface area is 298 Å². The van der Waals surface area contributed by atoms with E-state index in [1.54, 1.807) is 25.2 Å². The summed E-state index contributed by atoms with van der Waals surface area (Å²) in [7, 11) is 3.21. The Balaban J connectivity index is 1.41. The first-order valence-electron chi connectivity index (χ1n) is 16.0. The fourth-order valence-corrected chi connectivity index (χ4v) is 6.56. The third-order valence-corrected chi connectivity index (χ3v) is 9.09. The van der Waals surface area contributed by atoms with Crippen LogP contribution in [0.15, 0.2) is 66.7 Å². The summed E-state index contributed by atoms with van der Waals surface area (Å²) >= 11 is 6.82. The largest absolute Gasteiger partial charge is 0.497 e. The average molecular weight is 714 g/mol. The van der Waals surface area contributed by atoms with Crippen molar-refractivity contribution in [1.82, 2.24) is 19.9 Å². The molecule has 0 aliphatic carbocycles. The van der Waals surface area contributed by atoms with E-state index in [4.69, 9.17) is 26.1 Å². The molecule has 14 heteroatoms. The van der Waals surface area contributed by atoms with E-state index in [-0.39, 0.29) is 59.1 Å². The van der Waals surface area contributed by atoms with Gasteiger partial charge in [-0.2, -0.15) is 19.6 Å². The first-order chi connectivity index (χ1) is 24.6. The minimum Gasteiger partial charge on any atom is -0.497 e. The number of pyridine rings is 1. The van der Waals surface area contributed by atoms with E-state index < -0.39 is 24.0 Å². The molecule has 262 valence electrons. The quantitative estimate of drug-likeness (QED) is 0.148. The van der Waals surface area contributed by atoms with Gasteiger partial charge in [0.15, 0.2) is 5.82 Å². The van der Waals surface area contributed by atoms with Crippen LogP contribution in [-0.2, 0) is 13.1 Å². The minimum atomic E-state index is -1.16. The van der Waals surface area contributed by atoms with Crippen molar-refractivity contribution in [3.05, 3.63) is 100 Å². The van der Waals surface area contributed by atoms with E-state index in [0.29, 0.717) is 18.9 Å². The van der Waals surface area contributed by atoms with Crippen molar-refractivity contribution >= 4 is 40.2 Å². The van der Waals surface area contributed by atoms with Gasteiger partial charge in [0.25, 0.3) is 0 Å². The van der Waals surface area contributed by atoms with Crippen molar-refractivity contribution in [3.8, 4) is 28.8 Å². The number of hydrogen-bond acceptors (Lipinski definition) is 9. The molecule has 2 aromatic heterocycles. The average Bonchev–Trinajstić information content (AvgIpc) is 3.12. The van der Waals surface area contributed by atoms with Crippen molar-refractivity contribution < 1.29 is 28.2 Å². The molecule has 1 aliphatic heterocycles. The van der Waals surface area contributed by atoms with Gasteiger partial charge in [0, 0.05) is 38.1 Å². The summed E-state index contributed by atoms with van der Waals surface area (Å²) in [5, 5.41) is 19.1. The Bertz CT molecular complexity index is 2060. The zero-order valence-electron chi connectivity index (χ0n) is 28.1. The van der Waals surface area contributed by atoms with Gasteiger partial charge in [0.05, 0.1) is 49.0 Å². The molecule has 0 bridgehead atoms. The minimum absolute atomic E-state index is 0.00936. The molecule has 51 heavy (non-hydrogen) atoms. The van der Waals surface area contributed by atoms with Crippen molar-refractivity contribution in [2.45, 2.75) is 32.5 Å². The molecule has 0 unspecified atom stereocenters. The van der Waals surface area contributed by atoms with Gasteiger partial charge >= 0.3 is 12.2 Å². The number of nitrogens with zero attached hydrogens (tertiary/aromatic N) is 7. The molecule has 1 fully saturated rings. The van der Waals surface area contributed by atoms with Gasteiger partial charge in [0.1, 0.15) is 28.7 Å². The molecule has 1 saturated heterocycles. The normalized spacial score (nSPS) is 14.3. The molecule has 0 radical (unpaired) electrons. The molecule has 5 aromatic rings. The van der Waals surface area contributed by atoms with Crippen LogP contribution in [0.4, 0.5) is 25.2 Å².